The van der Waals surface area contributed by atoms with Crippen LogP contribution in [0, 0.1) is 5.92 Å². The zero-order valence-electron chi connectivity index (χ0n) is 23.1. The van der Waals surface area contributed by atoms with Gasteiger partial charge in [0.1, 0.15) is 29.6 Å². The fraction of sp³-hybridized carbons (Fsp3) is 0.188. The molecule has 2 unspecified atom stereocenters. The van der Waals surface area contributed by atoms with E-state index in [-0.39, 0.29) is 29.3 Å². The topological polar surface area (TPSA) is 133 Å². The highest BCUT2D eigenvalue weighted by molar-refractivity contribution is 6.22. The van der Waals surface area contributed by atoms with Gasteiger partial charge in [-0.15, -0.1) is 0 Å². The predicted octanol–water partition coefficient (Wildman–Crippen LogP) is 2.48. The lowest BCUT2D eigenvalue weighted by Crippen LogP contribution is -2.40. The summed E-state index contributed by atoms with van der Waals surface area (Å²) in [6.07, 6.45) is 11.4. The van der Waals surface area contributed by atoms with Crippen LogP contribution >= 0.6 is 0 Å². The van der Waals surface area contributed by atoms with E-state index in [9.17, 15) is 14.4 Å². The van der Waals surface area contributed by atoms with E-state index in [2.05, 4.69) is 30.2 Å². The Morgan fingerprint density at radius 2 is 1.71 bits per heavy atom. The number of imidazole rings is 1. The number of aromatic nitrogens is 6. The van der Waals surface area contributed by atoms with Crippen LogP contribution in [0.2, 0.25) is 0 Å². The van der Waals surface area contributed by atoms with Crippen LogP contribution in [0.3, 0.4) is 0 Å². The number of fused-ring (bicyclic) bond motifs is 6. The van der Waals surface area contributed by atoms with Gasteiger partial charge in [-0.05, 0) is 39.3 Å². The van der Waals surface area contributed by atoms with Gasteiger partial charge >= 0.3 is 0 Å². The van der Waals surface area contributed by atoms with Gasteiger partial charge in [-0.1, -0.05) is 56.3 Å². The van der Waals surface area contributed by atoms with Crippen molar-refractivity contribution in [2.24, 2.45) is 5.92 Å². The van der Waals surface area contributed by atoms with Gasteiger partial charge in [0.05, 0.1) is 12.5 Å². The Morgan fingerprint density at radius 1 is 0.905 bits per heavy atom. The second kappa shape index (κ2) is 11.2. The third-order valence-corrected chi connectivity index (χ3v) is 7.59. The van der Waals surface area contributed by atoms with Crippen molar-refractivity contribution in [3.8, 4) is 11.1 Å². The second-order valence-corrected chi connectivity index (χ2v) is 10.2. The van der Waals surface area contributed by atoms with E-state index in [0.29, 0.717) is 24.4 Å². The molecule has 0 spiro atoms. The fourth-order valence-electron chi connectivity index (χ4n) is 5.42. The van der Waals surface area contributed by atoms with Gasteiger partial charge < -0.3 is 9.88 Å². The third-order valence-electron chi connectivity index (χ3n) is 7.59. The number of carbonyl (C=O) groups excluding carboxylic acids is 3. The maximum atomic E-state index is 12.4. The van der Waals surface area contributed by atoms with Gasteiger partial charge in [-0.25, -0.2) is 24.9 Å². The molecule has 1 N–H and O–H groups in total. The van der Waals surface area contributed by atoms with Crippen LogP contribution in [0.5, 0.6) is 0 Å². The molecule has 2 atom stereocenters. The molecule has 10 heteroatoms. The molecule has 7 rings (SSSR count). The molecule has 10 nitrogen and oxygen atoms in total. The Hall–Kier alpha value is -5.38. The number of hydrogen-bond donors (Lipinski definition) is 1. The van der Waals surface area contributed by atoms with Crippen molar-refractivity contribution in [2.45, 2.75) is 26.3 Å². The minimum absolute atomic E-state index is 0.0436. The van der Waals surface area contributed by atoms with E-state index in [1.807, 2.05) is 60.9 Å². The highest BCUT2D eigenvalue weighted by atomic mass is 16.2. The number of hydrogen-bond acceptors (Lipinski definition) is 8. The normalized spacial score (nSPS) is 16.6. The molecule has 2 aliphatic carbocycles. The summed E-state index contributed by atoms with van der Waals surface area (Å²) in [4.78, 5) is 56.2. The molecule has 0 aliphatic heterocycles. The first kappa shape index (κ1) is 26.8. The number of rotatable bonds is 4. The number of Topliss-reactive ketones (excluding diaryl/α,β-unsaturated/α-hetero) is 2. The minimum atomic E-state index is -0.229. The van der Waals surface area contributed by atoms with Gasteiger partial charge in [0.15, 0.2) is 11.4 Å². The summed E-state index contributed by atoms with van der Waals surface area (Å²) in [6.45, 7) is 4.93. The number of ketones is 2. The minimum Gasteiger partial charge on any atom is -0.349 e. The van der Waals surface area contributed by atoms with Crippen LogP contribution in [-0.2, 0) is 11.3 Å². The average Bonchev–Trinajstić information content (AvgIpc) is 3.44. The monoisotopic (exact) mass is 557 g/mol. The number of nitrogens with zero attached hydrogens (tertiary/aromatic N) is 6. The first-order valence-corrected chi connectivity index (χ1v) is 13.6. The van der Waals surface area contributed by atoms with E-state index >= 15 is 0 Å². The van der Waals surface area contributed by atoms with Crippen molar-refractivity contribution in [1.29, 1.82) is 0 Å². The Balaban J connectivity index is 0.000000151. The molecule has 0 saturated heterocycles. The summed E-state index contributed by atoms with van der Waals surface area (Å²) >= 11 is 0. The van der Waals surface area contributed by atoms with Gasteiger partial charge in [0, 0.05) is 36.7 Å². The SMILES string of the molecule is CC1C=c2c(ccc3c2=CC(=O)c2ccccc2-3)C(C)C1=O.O=C(NCCn1cnc2ncncc21)c1ccncn1. The fourth-order valence-corrected chi connectivity index (χ4v) is 5.42. The van der Waals surface area contributed by atoms with Crippen LogP contribution in [0.1, 0.15) is 46.2 Å². The van der Waals surface area contributed by atoms with Crippen molar-refractivity contribution < 1.29 is 14.4 Å². The van der Waals surface area contributed by atoms with Crippen molar-refractivity contribution in [3.63, 3.8) is 0 Å². The zero-order chi connectivity index (χ0) is 29.2. The maximum Gasteiger partial charge on any atom is 0.270 e. The van der Waals surface area contributed by atoms with Gasteiger partial charge in [0.2, 0.25) is 0 Å². The average molecular weight is 558 g/mol. The molecular formula is C32H27N7O3. The Kier molecular flexibility index (Phi) is 7.18. The quantitative estimate of drug-likeness (QED) is 0.356. The predicted molar refractivity (Wildman–Crippen MR) is 157 cm³/mol. The summed E-state index contributed by atoms with van der Waals surface area (Å²) in [5.41, 5.74) is 5.68. The molecule has 3 aromatic heterocycles. The zero-order valence-corrected chi connectivity index (χ0v) is 23.1. The standard InChI is InChI=1S/C20H16O2.C12H11N7O/c1-11-9-17-13(12(2)20(11)22)7-8-15-14-5-3-4-6-16(14)19(21)10-18(15)17;20-12(9-1-2-13-6-16-9)15-3-4-19-8-18-11-10(19)5-14-7-17-11/h3-12H,1-2H3;1-2,5-8H,3-4H2,(H,15,20). The van der Waals surface area contributed by atoms with Gasteiger partial charge in [-0.3, -0.25) is 14.4 Å². The number of carbonyl (C=O) groups is 3. The molecule has 0 saturated carbocycles. The van der Waals surface area contributed by atoms with Crippen LogP contribution < -0.4 is 15.8 Å². The van der Waals surface area contributed by atoms with E-state index in [1.54, 1.807) is 24.7 Å². The maximum absolute atomic E-state index is 12.4. The van der Waals surface area contributed by atoms with E-state index in [4.69, 9.17) is 0 Å². The summed E-state index contributed by atoms with van der Waals surface area (Å²) in [6, 6.07) is 13.4. The lowest BCUT2D eigenvalue weighted by molar-refractivity contribution is -0.122. The third kappa shape index (κ3) is 4.98. The first-order chi connectivity index (χ1) is 20.4. The van der Waals surface area contributed by atoms with Crippen molar-refractivity contribution in [1.82, 2.24) is 34.8 Å². The summed E-state index contributed by atoms with van der Waals surface area (Å²) in [7, 11) is 0. The molecule has 5 aromatic rings. The van der Waals surface area contributed by atoms with Crippen molar-refractivity contribution >= 4 is 40.8 Å². The Bertz CT molecular complexity index is 1970. The first-order valence-electron chi connectivity index (χ1n) is 13.6. The highest BCUT2D eigenvalue weighted by Crippen LogP contribution is 2.27. The molecule has 0 bridgehead atoms. The molecule has 1 amide bonds. The molecule has 42 heavy (non-hydrogen) atoms. The number of nitrogens with one attached hydrogen (secondary N) is 1. The molecule has 208 valence electrons. The Morgan fingerprint density at radius 3 is 2.52 bits per heavy atom. The molecule has 2 aliphatic rings. The lowest BCUT2D eigenvalue weighted by Gasteiger charge is -2.23. The van der Waals surface area contributed by atoms with Gasteiger partial charge in [-0.2, -0.15) is 0 Å². The van der Waals surface area contributed by atoms with Crippen molar-refractivity contribution in [2.75, 3.05) is 6.54 Å². The number of amides is 1. The summed E-state index contributed by atoms with van der Waals surface area (Å²) in [5, 5.41) is 4.80. The molecule has 0 fully saturated rings. The molecule has 0 radical (unpaired) electrons. The second-order valence-electron chi connectivity index (χ2n) is 10.2. The molecule has 3 heterocycles. The van der Waals surface area contributed by atoms with E-state index in [0.717, 1.165) is 38.2 Å². The van der Waals surface area contributed by atoms with Crippen LogP contribution in [0.25, 0.3) is 34.4 Å². The number of benzene rings is 2. The Labute approximate surface area is 240 Å². The highest BCUT2D eigenvalue weighted by Gasteiger charge is 2.27. The smallest absolute Gasteiger partial charge is 0.270 e. The summed E-state index contributed by atoms with van der Waals surface area (Å²) < 4.78 is 1.88. The molecule has 2 aromatic carbocycles. The van der Waals surface area contributed by atoms with E-state index < -0.39 is 0 Å². The van der Waals surface area contributed by atoms with E-state index in [1.165, 1.54) is 18.9 Å². The van der Waals surface area contributed by atoms with Gasteiger partial charge in [0.25, 0.3) is 5.91 Å². The van der Waals surface area contributed by atoms with Crippen LogP contribution in [0.4, 0.5) is 0 Å². The van der Waals surface area contributed by atoms with Crippen LogP contribution in [-0.4, -0.2) is 53.5 Å². The van der Waals surface area contributed by atoms with Crippen LogP contribution in [0.15, 0.2) is 73.8 Å². The van der Waals surface area contributed by atoms with Crippen molar-refractivity contribution in [3.05, 3.63) is 101 Å². The molecular weight excluding hydrogens is 530 g/mol. The summed E-state index contributed by atoms with van der Waals surface area (Å²) in [5.74, 6) is -0.152. The lowest BCUT2D eigenvalue weighted by atomic mass is 9.79. The largest absolute Gasteiger partial charge is 0.349 e.